The van der Waals surface area contributed by atoms with Crippen LogP contribution in [-0.2, 0) is 16.6 Å². The molecule has 1 aliphatic heterocycles. The lowest BCUT2D eigenvalue weighted by Crippen LogP contribution is -2.32. The number of rotatable bonds is 7. The van der Waals surface area contributed by atoms with Crippen LogP contribution in [-0.4, -0.2) is 43.8 Å². The summed E-state index contributed by atoms with van der Waals surface area (Å²) in [6.45, 7) is 1.41. The van der Waals surface area contributed by atoms with E-state index >= 15 is 0 Å². The SMILES string of the molecule is COc1ccc2sc(N(Cc3ccccc3)C(=O)c3ccc(S(=O)(=O)N4CCCCCC4)cc3)nc2c1. The maximum Gasteiger partial charge on any atom is 0.260 e. The van der Waals surface area contributed by atoms with Crippen LogP contribution in [0.5, 0.6) is 5.75 Å². The van der Waals surface area contributed by atoms with Crippen LogP contribution in [0.2, 0.25) is 0 Å². The van der Waals surface area contributed by atoms with Gasteiger partial charge >= 0.3 is 0 Å². The molecule has 0 atom stereocenters. The largest absolute Gasteiger partial charge is 0.497 e. The highest BCUT2D eigenvalue weighted by atomic mass is 32.2. The van der Waals surface area contributed by atoms with Gasteiger partial charge in [-0.2, -0.15) is 4.31 Å². The Morgan fingerprint density at radius 1 is 0.973 bits per heavy atom. The Bertz CT molecular complexity index is 1480. The molecule has 1 amide bonds. The molecule has 0 N–H and O–H groups in total. The van der Waals surface area contributed by atoms with E-state index in [-0.39, 0.29) is 10.8 Å². The number of ether oxygens (including phenoxy) is 1. The van der Waals surface area contributed by atoms with E-state index < -0.39 is 10.0 Å². The molecule has 7 nitrogen and oxygen atoms in total. The zero-order chi connectivity index (χ0) is 25.8. The van der Waals surface area contributed by atoms with E-state index in [1.807, 2.05) is 48.5 Å². The fourth-order valence-electron chi connectivity index (χ4n) is 4.49. The quantitative estimate of drug-likeness (QED) is 0.303. The van der Waals surface area contributed by atoms with E-state index in [2.05, 4.69) is 0 Å². The second-order valence-corrected chi connectivity index (χ2v) is 12.0. The molecule has 1 aliphatic rings. The van der Waals surface area contributed by atoms with Crippen molar-refractivity contribution in [3.8, 4) is 5.75 Å². The smallest absolute Gasteiger partial charge is 0.260 e. The van der Waals surface area contributed by atoms with Crippen molar-refractivity contribution in [2.45, 2.75) is 37.1 Å². The number of benzene rings is 3. The van der Waals surface area contributed by atoms with E-state index in [0.717, 1.165) is 41.5 Å². The van der Waals surface area contributed by atoms with Crippen LogP contribution in [0, 0.1) is 0 Å². The molecule has 4 aromatic rings. The van der Waals surface area contributed by atoms with Crippen LogP contribution in [0.1, 0.15) is 41.6 Å². The minimum atomic E-state index is -3.59. The van der Waals surface area contributed by atoms with Crippen molar-refractivity contribution < 1.29 is 17.9 Å². The molecule has 37 heavy (non-hydrogen) atoms. The number of carbonyl (C=O) groups is 1. The van der Waals surface area contributed by atoms with Crippen LogP contribution >= 0.6 is 11.3 Å². The van der Waals surface area contributed by atoms with Gasteiger partial charge in [-0.3, -0.25) is 9.69 Å². The van der Waals surface area contributed by atoms with Gasteiger partial charge in [0.05, 0.1) is 28.8 Å². The van der Waals surface area contributed by atoms with Gasteiger partial charge in [0, 0.05) is 24.7 Å². The van der Waals surface area contributed by atoms with Gasteiger partial charge in [-0.25, -0.2) is 13.4 Å². The van der Waals surface area contributed by atoms with Gasteiger partial charge in [0.1, 0.15) is 5.75 Å². The average Bonchev–Trinajstić information content (AvgIpc) is 3.14. The van der Waals surface area contributed by atoms with Crippen LogP contribution in [0.3, 0.4) is 0 Å². The first-order valence-electron chi connectivity index (χ1n) is 12.4. The number of carbonyl (C=O) groups excluding carboxylic acids is 1. The molecule has 9 heteroatoms. The van der Waals surface area contributed by atoms with Crippen LogP contribution in [0.25, 0.3) is 10.2 Å². The monoisotopic (exact) mass is 535 g/mol. The van der Waals surface area contributed by atoms with Crippen LogP contribution in [0.4, 0.5) is 5.13 Å². The lowest BCUT2D eigenvalue weighted by molar-refractivity contribution is 0.0985. The average molecular weight is 536 g/mol. The Kier molecular flexibility index (Phi) is 7.55. The third kappa shape index (κ3) is 5.53. The van der Waals surface area contributed by atoms with E-state index in [4.69, 9.17) is 9.72 Å². The van der Waals surface area contributed by atoms with E-state index in [9.17, 15) is 13.2 Å². The summed E-state index contributed by atoms with van der Waals surface area (Å²) in [6, 6.07) is 21.7. The van der Waals surface area contributed by atoms with Gasteiger partial charge in [0.15, 0.2) is 5.13 Å². The summed E-state index contributed by atoms with van der Waals surface area (Å²) in [5.41, 5.74) is 2.12. The molecule has 0 spiro atoms. The van der Waals surface area contributed by atoms with Crippen molar-refractivity contribution in [1.29, 1.82) is 0 Å². The first-order valence-corrected chi connectivity index (χ1v) is 14.6. The Balaban J connectivity index is 1.46. The van der Waals surface area contributed by atoms with Crippen molar-refractivity contribution in [1.82, 2.24) is 9.29 Å². The minimum Gasteiger partial charge on any atom is -0.497 e. The van der Waals surface area contributed by atoms with Crippen LogP contribution < -0.4 is 9.64 Å². The second kappa shape index (κ2) is 11.0. The first kappa shape index (κ1) is 25.4. The van der Waals surface area contributed by atoms with Crippen molar-refractivity contribution in [2.75, 3.05) is 25.1 Å². The van der Waals surface area contributed by atoms with Gasteiger partial charge in [-0.15, -0.1) is 0 Å². The molecule has 0 bridgehead atoms. The Morgan fingerprint density at radius 2 is 1.68 bits per heavy atom. The summed E-state index contributed by atoms with van der Waals surface area (Å²) in [5, 5.41) is 0.568. The standard InChI is InChI=1S/C28H29N3O4S2/c1-35-23-13-16-26-25(19-23)29-28(36-26)31(20-21-9-5-4-6-10-21)27(32)22-11-14-24(15-12-22)37(33,34)30-17-7-2-3-8-18-30/h4-6,9-16,19H,2-3,7-8,17-18,20H2,1H3. The van der Waals surface area contributed by atoms with E-state index in [1.54, 1.807) is 28.4 Å². The third-order valence-corrected chi connectivity index (χ3v) is 9.52. The van der Waals surface area contributed by atoms with Gasteiger partial charge in [-0.05, 0) is 54.8 Å². The molecule has 0 radical (unpaired) electrons. The normalized spacial score (nSPS) is 14.8. The highest BCUT2D eigenvalue weighted by Crippen LogP contribution is 2.33. The number of sulfonamides is 1. The number of methoxy groups -OCH3 is 1. The number of hydrogen-bond acceptors (Lipinski definition) is 6. The highest BCUT2D eigenvalue weighted by molar-refractivity contribution is 7.89. The number of nitrogens with zero attached hydrogens (tertiary/aromatic N) is 3. The first-order chi connectivity index (χ1) is 18.0. The summed E-state index contributed by atoms with van der Waals surface area (Å²) in [7, 11) is -1.98. The lowest BCUT2D eigenvalue weighted by Gasteiger charge is -2.21. The molecule has 2 heterocycles. The Morgan fingerprint density at radius 3 is 2.35 bits per heavy atom. The second-order valence-electron chi connectivity index (χ2n) is 9.05. The molecule has 1 saturated heterocycles. The molecule has 0 unspecified atom stereocenters. The molecule has 3 aromatic carbocycles. The van der Waals surface area contributed by atoms with E-state index in [0.29, 0.717) is 36.1 Å². The molecule has 0 saturated carbocycles. The van der Waals surface area contributed by atoms with Crippen molar-refractivity contribution >= 4 is 42.6 Å². The fourth-order valence-corrected chi connectivity index (χ4v) is 6.95. The molecular formula is C28H29N3O4S2. The van der Waals surface area contributed by atoms with Crippen LogP contribution in [0.15, 0.2) is 77.7 Å². The summed E-state index contributed by atoms with van der Waals surface area (Å²) in [6.07, 6.45) is 3.85. The molecule has 1 fully saturated rings. The molecule has 0 aliphatic carbocycles. The van der Waals surface area contributed by atoms with Gasteiger partial charge in [-0.1, -0.05) is 54.5 Å². The maximum absolute atomic E-state index is 13.8. The third-order valence-electron chi connectivity index (χ3n) is 6.55. The lowest BCUT2D eigenvalue weighted by atomic mass is 10.1. The zero-order valence-corrected chi connectivity index (χ0v) is 22.3. The molecule has 1 aromatic heterocycles. The van der Waals surface area contributed by atoms with Crippen molar-refractivity contribution in [2.24, 2.45) is 0 Å². The zero-order valence-electron chi connectivity index (χ0n) is 20.7. The number of fused-ring (bicyclic) bond motifs is 1. The van der Waals surface area contributed by atoms with Gasteiger partial charge in [0.25, 0.3) is 5.91 Å². The predicted octanol–water partition coefficient (Wildman–Crippen LogP) is 5.72. The van der Waals surface area contributed by atoms with E-state index in [1.165, 1.54) is 23.5 Å². The summed E-state index contributed by atoms with van der Waals surface area (Å²) < 4.78 is 34.2. The molecule has 192 valence electrons. The minimum absolute atomic E-state index is 0.215. The molecular weight excluding hydrogens is 506 g/mol. The van der Waals surface area contributed by atoms with Crippen molar-refractivity contribution in [3.05, 3.63) is 83.9 Å². The molecule has 5 rings (SSSR count). The summed E-state index contributed by atoms with van der Waals surface area (Å²) in [4.78, 5) is 20.4. The number of anilines is 1. The predicted molar refractivity (Wildman–Crippen MR) is 147 cm³/mol. The number of thiazole rings is 1. The topological polar surface area (TPSA) is 79.8 Å². The maximum atomic E-state index is 13.8. The van der Waals surface area contributed by atoms with Gasteiger partial charge in [0.2, 0.25) is 10.0 Å². The Labute approximate surface area is 221 Å². The number of hydrogen-bond donors (Lipinski definition) is 0. The summed E-state index contributed by atoms with van der Waals surface area (Å²) in [5.74, 6) is 0.458. The summed E-state index contributed by atoms with van der Waals surface area (Å²) >= 11 is 1.43. The van der Waals surface area contributed by atoms with Gasteiger partial charge < -0.3 is 4.74 Å². The Hall–Kier alpha value is -3.27. The highest BCUT2D eigenvalue weighted by Gasteiger charge is 2.27. The van der Waals surface area contributed by atoms with Crippen molar-refractivity contribution in [3.63, 3.8) is 0 Å². The fraction of sp³-hybridized carbons (Fsp3) is 0.286. The number of amides is 1. The number of aromatic nitrogens is 1.